The number of benzene rings is 2. The second-order valence-electron chi connectivity index (χ2n) is 5.62. The average Bonchev–Trinajstić information content (AvgIpc) is 2.64. The van der Waals surface area contributed by atoms with Crippen LogP contribution in [0, 0.1) is 11.6 Å². The highest BCUT2D eigenvalue weighted by Gasteiger charge is 2.16. The van der Waals surface area contributed by atoms with E-state index in [9.17, 15) is 13.6 Å². The largest absolute Gasteiger partial charge is 0.368 e. The molecule has 0 spiro atoms. The number of amides is 1. The molecule has 0 radical (unpaired) electrons. The molecule has 0 atom stereocenters. The van der Waals surface area contributed by atoms with Gasteiger partial charge in [0.2, 0.25) is 0 Å². The van der Waals surface area contributed by atoms with Gasteiger partial charge < -0.3 is 10.6 Å². The summed E-state index contributed by atoms with van der Waals surface area (Å²) in [6.45, 7) is 0.464. The number of carbonyl (C=O) groups excluding carboxylic acids is 1. The summed E-state index contributed by atoms with van der Waals surface area (Å²) in [5, 5.41) is 13.3. The van der Waals surface area contributed by atoms with Crippen LogP contribution < -0.4 is 10.6 Å². The number of nitrogens with zero attached hydrogens (tertiary/aromatic N) is 2. The zero-order valence-corrected chi connectivity index (χ0v) is 14.8. The van der Waals surface area contributed by atoms with Crippen LogP contribution in [0.4, 0.5) is 20.4 Å². The second kappa shape index (κ2) is 8.55. The van der Waals surface area contributed by atoms with Crippen molar-refractivity contribution in [3.05, 3.63) is 82.4 Å². The minimum absolute atomic E-state index is 0.00638. The summed E-state index contributed by atoms with van der Waals surface area (Å²) in [6, 6.07) is 13.7. The standard InChI is InChI=1S/C19H15ClF2N4O/c20-13-5-3-7-15(22)18(13)19(27)24-17-9-8-16(25-26-17)23-11-10-12-4-1-2-6-14(12)21/h1-9H,10-11H2,(H,23,25)(H,24,26,27). The number of anilines is 2. The van der Waals surface area contributed by atoms with Crippen molar-refractivity contribution in [2.24, 2.45) is 0 Å². The zero-order chi connectivity index (χ0) is 19.2. The van der Waals surface area contributed by atoms with Crippen molar-refractivity contribution in [1.82, 2.24) is 10.2 Å². The first-order chi connectivity index (χ1) is 13.0. The normalized spacial score (nSPS) is 10.5. The van der Waals surface area contributed by atoms with Crippen LogP contribution in [0.5, 0.6) is 0 Å². The smallest absolute Gasteiger partial charge is 0.261 e. The van der Waals surface area contributed by atoms with E-state index in [0.29, 0.717) is 24.3 Å². The van der Waals surface area contributed by atoms with E-state index in [-0.39, 0.29) is 22.2 Å². The third kappa shape index (κ3) is 4.77. The fourth-order valence-corrected chi connectivity index (χ4v) is 2.66. The number of aromatic nitrogens is 2. The summed E-state index contributed by atoms with van der Waals surface area (Å²) in [6.07, 6.45) is 0.485. The van der Waals surface area contributed by atoms with Gasteiger partial charge in [-0.15, -0.1) is 10.2 Å². The molecule has 0 saturated carbocycles. The van der Waals surface area contributed by atoms with Gasteiger partial charge in [-0.05, 0) is 42.3 Å². The number of hydrogen-bond donors (Lipinski definition) is 2. The molecule has 1 aromatic heterocycles. The molecule has 0 bridgehead atoms. The number of halogens is 3. The monoisotopic (exact) mass is 388 g/mol. The molecule has 138 valence electrons. The summed E-state index contributed by atoms with van der Waals surface area (Å²) in [5.41, 5.74) is 0.344. The summed E-state index contributed by atoms with van der Waals surface area (Å²) >= 11 is 5.86. The lowest BCUT2D eigenvalue weighted by atomic mass is 10.1. The Labute approximate surface area is 159 Å². The van der Waals surface area contributed by atoms with Gasteiger partial charge in [-0.1, -0.05) is 35.9 Å². The summed E-state index contributed by atoms with van der Waals surface area (Å²) < 4.78 is 27.3. The summed E-state index contributed by atoms with van der Waals surface area (Å²) in [4.78, 5) is 12.1. The topological polar surface area (TPSA) is 66.9 Å². The number of hydrogen-bond acceptors (Lipinski definition) is 4. The highest BCUT2D eigenvalue weighted by atomic mass is 35.5. The second-order valence-corrected chi connectivity index (χ2v) is 6.03. The van der Waals surface area contributed by atoms with Gasteiger partial charge in [0.25, 0.3) is 5.91 Å². The summed E-state index contributed by atoms with van der Waals surface area (Å²) in [5.74, 6) is -1.07. The van der Waals surface area contributed by atoms with E-state index in [1.165, 1.54) is 24.3 Å². The fraction of sp³-hybridized carbons (Fsp3) is 0.105. The predicted molar refractivity (Wildman–Crippen MR) is 100.0 cm³/mol. The third-order valence-electron chi connectivity index (χ3n) is 3.75. The minimum Gasteiger partial charge on any atom is -0.368 e. The van der Waals surface area contributed by atoms with Crippen LogP contribution in [0.3, 0.4) is 0 Å². The first-order valence-corrected chi connectivity index (χ1v) is 8.49. The zero-order valence-electron chi connectivity index (χ0n) is 14.0. The number of carbonyl (C=O) groups is 1. The molecule has 27 heavy (non-hydrogen) atoms. The molecule has 0 fully saturated rings. The van der Waals surface area contributed by atoms with Crippen LogP contribution >= 0.6 is 11.6 Å². The molecule has 0 unspecified atom stereocenters. The van der Waals surface area contributed by atoms with Crippen molar-refractivity contribution >= 4 is 29.1 Å². The van der Waals surface area contributed by atoms with Crippen LogP contribution in [0.15, 0.2) is 54.6 Å². The fourth-order valence-electron chi connectivity index (χ4n) is 2.41. The Hall–Kier alpha value is -3.06. The van der Waals surface area contributed by atoms with Crippen LogP contribution in [0.1, 0.15) is 15.9 Å². The molecule has 0 aliphatic carbocycles. The predicted octanol–water partition coefficient (Wildman–Crippen LogP) is 4.32. The van der Waals surface area contributed by atoms with Gasteiger partial charge in [0.05, 0.1) is 10.6 Å². The molecule has 8 heteroatoms. The van der Waals surface area contributed by atoms with Gasteiger partial charge in [-0.3, -0.25) is 4.79 Å². The van der Waals surface area contributed by atoms with E-state index in [1.54, 1.807) is 24.3 Å². The Kier molecular flexibility index (Phi) is 5.93. The lowest BCUT2D eigenvalue weighted by Crippen LogP contribution is -2.16. The molecule has 3 aromatic rings. The molecule has 5 nitrogen and oxygen atoms in total. The minimum atomic E-state index is -0.723. The lowest BCUT2D eigenvalue weighted by molar-refractivity contribution is 0.102. The van der Waals surface area contributed by atoms with E-state index < -0.39 is 11.7 Å². The van der Waals surface area contributed by atoms with Crippen LogP contribution in [0.25, 0.3) is 0 Å². The molecular weight excluding hydrogens is 374 g/mol. The Bertz CT molecular complexity index is 930. The van der Waals surface area contributed by atoms with Crippen molar-refractivity contribution in [1.29, 1.82) is 0 Å². The van der Waals surface area contributed by atoms with Gasteiger partial charge in [-0.2, -0.15) is 0 Å². The maximum Gasteiger partial charge on any atom is 0.261 e. The van der Waals surface area contributed by atoms with Crippen molar-refractivity contribution in [2.75, 3.05) is 17.2 Å². The Morgan fingerprint density at radius 1 is 0.926 bits per heavy atom. The SMILES string of the molecule is O=C(Nc1ccc(NCCc2ccccc2F)nn1)c1c(F)cccc1Cl. The molecule has 3 rings (SSSR count). The Morgan fingerprint density at radius 2 is 1.63 bits per heavy atom. The van der Waals surface area contributed by atoms with Crippen molar-refractivity contribution in [2.45, 2.75) is 6.42 Å². The molecule has 1 heterocycles. The molecule has 0 saturated heterocycles. The molecule has 0 aliphatic rings. The molecule has 0 aliphatic heterocycles. The molecule has 1 amide bonds. The third-order valence-corrected chi connectivity index (χ3v) is 4.07. The highest BCUT2D eigenvalue weighted by molar-refractivity contribution is 6.34. The van der Waals surface area contributed by atoms with E-state index in [4.69, 9.17) is 11.6 Å². The van der Waals surface area contributed by atoms with Gasteiger partial charge in [0.15, 0.2) is 5.82 Å². The van der Waals surface area contributed by atoms with Gasteiger partial charge in [-0.25, -0.2) is 8.78 Å². The maximum absolute atomic E-state index is 13.8. The van der Waals surface area contributed by atoms with E-state index in [1.807, 2.05) is 0 Å². The lowest BCUT2D eigenvalue weighted by Gasteiger charge is -2.08. The van der Waals surface area contributed by atoms with E-state index in [0.717, 1.165) is 6.07 Å². The molecular formula is C19H15ClF2N4O. The van der Waals surface area contributed by atoms with Crippen molar-refractivity contribution < 1.29 is 13.6 Å². The van der Waals surface area contributed by atoms with Gasteiger partial charge in [0, 0.05) is 6.54 Å². The first-order valence-electron chi connectivity index (χ1n) is 8.11. The van der Waals surface area contributed by atoms with Crippen molar-refractivity contribution in [3.63, 3.8) is 0 Å². The highest BCUT2D eigenvalue weighted by Crippen LogP contribution is 2.20. The van der Waals surface area contributed by atoms with Crippen LogP contribution in [0.2, 0.25) is 5.02 Å². The average molecular weight is 389 g/mol. The number of nitrogens with one attached hydrogen (secondary N) is 2. The Morgan fingerprint density at radius 3 is 2.33 bits per heavy atom. The van der Waals surface area contributed by atoms with Crippen LogP contribution in [-0.4, -0.2) is 22.6 Å². The molecule has 2 aromatic carbocycles. The van der Waals surface area contributed by atoms with Gasteiger partial charge in [0.1, 0.15) is 17.5 Å². The van der Waals surface area contributed by atoms with E-state index in [2.05, 4.69) is 20.8 Å². The van der Waals surface area contributed by atoms with Crippen molar-refractivity contribution in [3.8, 4) is 0 Å². The first kappa shape index (κ1) is 18.7. The quantitative estimate of drug-likeness (QED) is 0.660. The summed E-state index contributed by atoms with van der Waals surface area (Å²) in [7, 11) is 0. The molecule has 2 N–H and O–H groups in total. The maximum atomic E-state index is 13.8. The van der Waals surface area contributed by atoms with Crippen LogP contribution in [-0.2, 0) is 6.42 Å². The van der Waals surface area contributed by atoms with E-state index >= 15 is 0 Å². The Balaban J connectivity index is 1.57. The number of rotatable bonds is 6. The van der Waals surface area contributed by atoms with Gasteiger partial charge >= 0.3 is 0 Å².